The van der Waals surface area contributed by atoms with Gasteiger partial charge in [0.25, 0.3) is 0 Å². The van der Waals surface area contributed by atoms with Crippen LogP contribution in [-0.4, -0.2) is 16.0 Å². The third-order valence-corrected chi connectivity index (χ3v) is 4.67. The highest BCUT2D eigenvalue weighted by molar-refractivity contribution is 5.77. The molecule has 1 fully saturated rings. The van der Waals surface area contributed by atoms with Crippen LogP contribution in [0.25, 0.3) is 16.8 Å². The van der Waals surface area contributed by atoms with Gasteiger partial charge in [-0.25, -0.2) is 14.4 Å². The summed E-state index contributed by atoms with van der Waals surface area (Å²) < 4.78 is 14.4. The lowest BCUT2D eigenvalue weighted by molar-refractivity contribution is 0.460. The molecule has 0 radical (unpaired) electrons. The molecule has 134 valence electrons. The van der Waals surface area contributed by atoms with Gasteiger partial charge in [-0.05, 0) is 30.0 Å². The molecule has 0 unspecified atom stereocenters. The van der Waals surface area contributed by atoms with Gasteiger partial charge in [0.05, 0.1) is 6.20 Å². The highest BCUT2D eigenvalue weighted by Crippen LogP contribution is 2.26. The van der Waals surface area contributed by atoms with Crippen molar-refractivity contribution in [1.29, 1.82) is 0 Å². The fraction of sp³-hybridized carbons (Fsp3) is 0.273. The first-order valence-corrected chi connectivity index (χ1v) is 9.06. The van der Waals surface area contributed by atoms with Crippen LogP contribution in [0.2, 0.25) is 0 Å². The molecule has 1 aliphatic rings. The van der Waals surface area contributed by atoms with Crippen molar-refractivity contribution in [1.82, 2.24) is 9.97 Å². The molecule has 0 amide bonds. The summed E-state index contributed by atoms with van der Waals surface area (Å²) in [6.45, 7) is 7.55. The van der Waals surface area contributed by atoms with Crippen molar-refractivity contribution in [3.05, 3.63) is 73.2 Å². The Kier molecular flexibility index (Phi) is 5.95. The van der Waals surface area contributed by atoms with E-state index in [2.05, 4.69) is 28.4 Å². The molecular formula is C22H24FN3. The van der Waals surface area contributed by atoms with Crippen LogP contribution in [0.5, 0.6) is 0 Å². The van der Waals surface area contributed by atoms with Gasteiger partial charge in [0.15, 0.2) is 5.82 Å². The Balaban J connectivity index is 1.90. The SMILES string of the molecule is C=C/C=C(\C=C)c1cccc(-c2nc(NC3CCCCC3)ncc2F)c1. The van der Waals surface area contributed by atoms with Crippen LogP contribution < -0.4 is 5.32 Å². The number of nitrogens with zero attached hydrogens (tertiary/aromatic N) is 2. The minimum absolute atomic E-state index is 0.308. The molecule has 1 aromatic heterocycles. The summed E-state index contributed by atoms with van der Waals surface area (Å²) in [5, 5.41) is 3.36. The number of allylic oxidation sites excluding steroid dienone is 4. The van der Waals surface area contributed by atoms with Crippen molar-refractivity contribution >= 4 is 11.5 Å². The summed E-state index contributed by atoms with van der Waals surface area (Å²) in [7, 11) is 0. The van der Waals surface area contributed by atoms with Gasteiger partial charge in [0.2, 0.25) is 5.95 Å². The molecule has 0 saturated heterocycles. The zero-order chi connectivity index (χ0) is 18.4. The van der Waals surface area contributed by atoms with E-state index in [1.165, 1.54) is 25.5 Å². The molecule has 3 nitrogen and oxygen atoms in total. The van der Waals surface area contributed by atoms with Crippen LogP contribution in [0.4, 0.5) is 10.3 Å². The number of benzene rings is 1. The molecule has 1 aromatic carbocycles. The summed E-state index contributed by atoms with van der Waals surface area (Å²) in [6.07, 6.45) is 12.5. The minimum atomic E-state index is -0.427. The van der Waals surface area contributed by atoms with Crippen LogP contribution in [0.1, 0.15) is 37.7 Å². The lowest BCUT2D eigenvalue weighted by Crippen LogP contribution is -2.23. The standard InChI is InChI=1S/C22H24FN3/c1-3-9-16(4-2)17-10-8-11-18(14-17)21-20(23)15-24-22(26-21)25-19-12-6-5-7-13-19/h3-4,8-11,14-15,19H,1-2,5-7,12-13H2,(H,24,25,26)/b16-9+. The molecule has 4 heteroatoms. The predicted octanol–water partition coefficient (Wildman–Crippen LogP) is 5.78. The van der Waals surface area contributed by atoms with Crippen LogP contribution in [0.3, 0.4) is 0 Å². The van der Waals surface area contributed by atoms with Crippen molar-refractivity contribution in [2.24, 2.45) is 0 Å². The molecule has 1 aliphatic carbocycles. The van der Waals surface area contributed by atoms with E-state index in [-0.39, 0.29) is 0 Å². The molecule has 0 spiro atoms. The topological polar surface area (TPSA) is 37.8 Å². The van der Waals surface area contributed by atoms with Crippen molar-refractivity contribution in [3.63, 3.8) is 0 Å². The van der Waals surface area contributed by atoms with Gasteiger partial charge in [-0.3, -0.25) is 0 Å². The second-order valence-corrected chi connectivity index (χ2v) is 6.51. The maximum Gasteiger partial charge on any atom is 0.223 e. The van der Waals surface area contributed by atoms with E-state index in [1.54, 1.807) is 12.2 Å². The van der Waals surface area contributed by atoms with Crippen LogP contribution >= 0.6 is 0 Å². The van der Waals surface area contributed by atoms with Gasteiger partial charge < -0.3 is 5.32 Å². The summed E-state index contributed by atoms with van der Waals surface area (Å²) in [6, 6.07) is 7.99. The maximum absolute atomic E-state index is 14.4. The van der Waals surface area contributed by atoms with E-state index >= 15 is 0 Å². The second-order valence-electron chi connectivity index (χ2n) is 6.51. The van der Waals surface area contributed by atoms with Crippen molar-refractivity contribution in [2.45, 2.75) is 38.1 Å². The van der Waals surface area contributed by atoms with Gasteiger partial charge in [-0.15, -0.1) is 0 Å². The van der Waals surface area contributed by atoms with Crippen molar-refractivity contribution < 1.29 is 4.39 Å². The molecule has 1 saturated carbocycles. The number of anilines is 1. The van der Waals surface area contributed by atoms with E-state index < -0.39 is 5.82 Å². The number of nitrogens with one attached hydrogen (secondary N) is 1. The van der Waals surface area contributed by atoms with Gasteiger partial charge in [0.1, 0.15) is 5.69 Å². The lowest BCUT2D eigenvalue weighted by atomic mass is 9.96. The molecule has 1 N–H and O–H groups in total. The first-order valence-electron chi connectivity index (χ1n) is 9.06. The maximum atomic E-state index is 14.4. The van der Waals surface area contributed by atoms with E-state index in [4.69, 9.17) is 0 Å². The van der Waals surface area contributed by atoms with E-state index in [1.807, 2.05) is 30.3 Å². The lowest BCUT2D eigenvalue weighted by Gasteiger charge is -2.22. The highest BCUT2D eigenvalue weighted by Gasteiger charge is 2.16. The van der Waals surface area contributed by atoms with Crippen molar-refractivity contribution in [2.75, 3.05) is 5.32 Å². The Hall–Kier alpha value is -2.75. The quantitative estimate of drug-likeness (QED) is 0.672. The Morgan fingerprint density at radius 2 is 2.00 bits per heavy atom. The first kappa shape index (κ1) is 18.1. The van der Waals surface area contributed by atoms with Crippen LogP contribution in [0, 0.1) is 5.82 Å². The summed E-state index contributed by atoms with van der Waals surface area (Å²) in [5.41, 5.74) is 2.89. The van der Waals surface area contributed by atoms with Crippen molar-refractivity contribution in [3.8, 4) is 11.3 Å². The molecule has 0 atom stereocenters. The minimum Gasteiger partial charge on any atom is -0.351 e. The molecular weight excluding hydrogens is 325 g/mol. The Bertz CT molecular complexity index is 820. The molecule has 0 aliphatic heterocycles. The largest absolute Gasteiger partial charge is 0.351 e. The normalized spacial score (nSPS) is 15.5. The summed E-state index contributed by atoms with van der Waals surface area (Å²) in [4.78, 5) is 8.57. The third-order valence-electron chi connectivity index (χ3n) is 4.67. The van der Waals surface area contributed by atoms with Crippen LogP contribution in [0.15, 0.2) is 61.8 Å². The number of rotatable bonds is 6. The summed E-state index contributed by atoms with van der Waals surface area (Å²) >= 11 is 0. The van der Waals surface area contributed by atoms with Crippen LogP contribution in [-0.2, 0) is 0 Å². The molecule has 3 rings (SSSR count). The number of halogens is 1. The number of aromatic nitrogens is 2. The number of hydrogen-bond acceptors (Lipinski definition) is 3. The van der Waals surface area contributed by atoms with E-state index in [0.29, 0.717) is 23.2 Å². The molecule has 1 heterocycles. The third kappa shape index (κ3) is 4.26. The Labute approximate surface area is 154 Å². The van der Waals surface area contributed by atoms with E-state index in [9.17, 15) is 4.39 Å². The highest BCUT2D eigenvalue weighted by atomic mass is 19.1. The average Bonchev–Trinajstić information content (AvgIpc) is 2.68. The summed E-state index contributed by atoms with van der Waals surface area (Å²) in [5.74, 6) is 0.0634. The Morgan fingerprint density at radius 1 is 1.19 bits per heavy atom. The zero-order valence-corrected chi connectivity index (χ0v) is 14.9. The molecule has 26 heavy (non-hydrogen) atoms. The monoisotopic (exact) mass is 349 g/mol. The fourth-order valence-corrected chi connectivity index (χ4v) is 3.32. The fourth-order valence-electron chi connectivity index (χ4n) is 3.32. The van der Waals surface area contributed by atoms with E-state index in [0.717, 1.165) is 24.0 Å². The van der Waals surface area contributed by atoms with Gasteiger partial charge >= 0.3 is 0 Å². The predicted molar refractivity (Wildman–Crippen MR) is 106 cm³/mol. The zero-order valence-electron chi connectivity index (χ0n) is 14.9. The van der Waals surface area contributed by atoms with Gasteiger partial charge in [0, 0.05) is 11.6 Å². The Morgan fingerprint density at radius 3 is 2.73 bits per heavy atom. The van der Waals surface area contributed by atoms with Gasteiger partial charge in [-0.2, -0.15) is 0 Å². The smallest absolute Gasteiger partial charge is 0.223 e. The second kappa shape index (κ2) is 8.56. The molecule has 2 aromatic rings. The number of hydrogen-bond donors (Lipinski definition) is 1. The first-order chi connectivity index (χ1) is 12.7. The molecule has 0 bridgehead atoms. The van der Waals surface area contributed by atoms with Gasteiger partial charge in [-0.1, -0.05) is 68.8 Å². The average molecular weight is 349 g/mol.